The Morgan fingerprint density at radius 1 is 0.783 bits per heavy atom. The molecule has 0 aromatic heterocycles. The van der Waals surface area contributed by atoms with Gasteiger partial charge in [-0.3, -0.25) is 4.79 Å². The molecule has 1 heterocycles. The summed E-state index contributed by atoms with van der Waals surface area (Å²) in [6.07, 6.45) is 6.36. The van der Waals surface area contributed by atoms with E-state index >= 15 is 0 Å². The molecule has 23 heavy (non-hydrogen) atoms. The van der Waals surface area contributed by atoms with Crippen molar-refractivity contribution < 1.29 is 9.53 Å². The van der Waals surface area contributed by atoms with Crippen molar-refractivity contribution in [1.82, 2.24) is 0 Å². The Bertz CT molecular complexity index is 674. The van der Waals surface area contributed by atoms with Gasteiger partial charge >= 0.3 is 0 Å². The van der Waals surface area contributed by atoms with Gasteiger partial charge in [-0.25, -0.2) is 0 Å². The van der Waals surface area contributed by atoms with Crippen molar-refractivity contribution in [1.29, 1.82) is 0 Å². The number of hydrogen-bond donors (Lipinski definition) is 0. The first kappa shape index (κ1) is 14.5. The van der Waals surface area contributed by atoms with Crippen molar-refractivity contribution in [3.63, 3.8) is 0 Å². The zero-order chi connectivity index (χ0) is 15.6. The third-order valence-electron chi connectivity index (χ3n) is 5.23. The van der Waals surface area contributed by atoms with E-state index in [9.17, 15) is 4.79 Å². The molecule has 4 rings (SSSR count). The average molecular weight is 306 g/mol. The summed E-state index contributed by atoms with van der Waals surface area (Å²) in [5.41, 5.74) is 2.34. The molecule has 1 aliphatic heterocycles. The summed E-state index contributed by atoms with van der Waals surface area (Å²) in [5, 5.41) is 0. The van der Waals surface area contributed by atoms with Crippen molar-refractivity contribution >= 4 is 5.78 Å². The zero-order valence-corrected chi connectivity index (χ0v) is 13.3. The molecule has 1 unspecified atom stereocenters. The van der Waals surface area contributed by atoms with E-state index in [1.807, 2.05) is 24.3 Å². The van der Waals surface area contributed by atoms with Crippen molar-refractivity contribution in [2.24, 2.45) is 5.92 Å². The van der Waals surface area contributed by atoms with Gasteiger partial charge in [0.25, 0.3) is 0 Å². The van der Waals surface area contributed by atoms with Crippen LogP contribution in [0, 0.1) is 5.92 Å². The number of ketones is 1. The molecule has 2 aromatic rings. The molecule has 2 nitrogen and oxygen atoms in total. The van der Waals surface area contributed by atoms with Crippen LogP contribution in [-0.4, -0.2) is 5.78 Å². The zero-order valence-electron chi connectivity index (χ0n) is 13.3. The number of fused-ring (bicyclic) bond motifs is 2. The molecule has 0 spiro atoms. The van der Waals surface area contributed by atoms with Crippen LogP contribution in [0.4, 0.5) is 0 Å². The van der Waals surface area contributed by atoms with E-state index in [-0.39, 0.29) is 11.8 Å². The van der Waals surface area contributed by atoms with Gasteiger partial charge in [-0.1, -0.05) is 55.7 Å². The van der Waals surface area contributed by atoms with Gasteiger partial charge in [0.15, 0.2) is 0 Å². The number of para-hydroxylation sites is 2. The predicted octanol–water partition coefficient (Wildman–Crippen LogP) is 5.46. The van der Waals surface area contributed by atoms with Crippen LogP contribution in [0.25, 0.3) is 0 Å². The Kier molecular flexibility index (Phi) is 3.90. The maximum Gasteiger partial charge on any atom is 0.136 e. The topological polar surface area (TPSA) is 26.3 Å². The lowest BCUT2D eigenvalue weighted by atomic mass is 9.73. The summed E-state index contributed by atoms with van der Waals surface area (Å²) in [7, 11) is 0. The first-order valence-electron chi connectivity index (χ1n) is 8.73. The summed E-state index contributed by atoms with van der Waals surface area (Å²) in [4.78, 5) is 12.8. The fourth-order valence-electron chi connectivity index (χ4n) is 4.10. The molecular weight excluding hydrogens is 284 g/mol. The fraction of sp³-hybridized carbons (Fsp3) is 0.381. The van der Waals surface area contributed by atoms with Crippen LogP contribution in [0.15, 0.2) is 48.5 Å². The molecule has 1 atom stereocenters. The molecule has 2 aromatic carbocycles. The molecule has 0 N–H and O–H groups in total. The maximum atomic E-state index is 12.8. The van der Waals surface area contributed by atoms with Crippen LogP contribution in [0.2, 0.25) is 0 Å². The van der Waals surface area contributed by atoms with Gasteiger partial charge in [0, 0.05) is 29.4 Å². The van der Waals surface area contributed by atoms with E-state index in [0.29, 0.717) is 5.78 Å². The molecule has 1 saturated carbocycles. The standard InChI is InChI=1S/C21H22O2/c22-18-12-4-2-1-3-9-15(18)21-16-10-5-7-13-19(16)23-20-14-8-6-11-17(20)21/h5-8,10-11,13-15,21H,1-4,9,12H2. The monoisotopic (exact) mass is 306 g/mol. The quantitative estimate of drug-likeness (QED) is 0.699. The molecule has 0 bridgehead atoms. The number of Topliss-reactive ketones (excluding diaryl/α,β-unsaturated/α-hetero) is 1. The highest BCUT2D eigenvalue weighted by atomic mass is 16.5. The predicted molar refractivity (Wildman–Crippen MR) is 91.0 cm³/mol. The molecule has 1 fully saturated rings. The molecule has 0 saturated heterocycles. The fourth-order valence-corrected chi connectivity index (χ4v) is 4.10. The number of ether oxygens (including phenoxy) is 1. The van der Waals surface area contributed by atoms with Gasteiger partial charge in [-0.05, 0) is 25.0 Å². The number of rotatable bonds is 1. The van der Waals surface area contributed by atoms with Crippen molar-refractivity contribution in [3.05, 3.63) is 59.7 Å². The maximum absolute atomic E-state index is 12.8. The van der Waals surface area contributed by atoms with Crippen LogP contribution in [0.1, 0.15) is 55.6 Å². The van der Waals surface area contributed by atoms with Crippen LogP contribution < -0.4 is 4.74 Å². The van der Waals surface area contributed by atoms with E-state index < -0.39 is 0 Å². The second-order valence-corrected chi connectivity index (χ2v) is 6.68. The van der Waals surface area contributed by atoms with E-state index in [4.69, 9.17) is 4.74 Å². The molecule has 0 amide bonds. The van der Waals surface area contributed by atoms with Gasteiger partial charge in [0.1, 0.15) is 17.3 Å². The highest BCUT2D eigenvalue weighted by molar-refractivity contribution is 5.83. The molecular formula is C21H22O2. The SMILES string of the molecule is O=C1CCCCCCC1C1c2ccccc2Oc2ccccc21. The van der Waals surface area contributed by atoms with Crippen LogP contribution in [-0.2, 0) is 4.79 Å². The highest BCUT2D eigenvalue weighted by Gasteiger charge is 2.36. The number of hydrogen-bond acceptors (Lipinski definition) is 2. The van der Waals surface area contributed by atoms with Crippen molar-refractivity contribution in [3.8, 4) is 11.5 Å². The van der Waals surface area contributed by atoms with Gasteiger partial charge in [-0.2, -0.15) is 0 Å². The van der Waals surface area contributed by atoms with Crippen LogP contribution >= 0.6 is 0 Å². The lowest BCUT2D eigenvalue weighted by molar-refractivity contribution is -0.124. The summed E-state index contributed by atoms with van der Waals surface area (Å²) < 4.78 is 6.08. The first-order valence-corrected chi connectivity index (χ1v) is 8.73. The number of carbonyl (C=O) groups excluding carboxylic acids is 1. The molecule has 118 valence electrons. The smallest absolute Gasteiger partial charge is 0.136 e. The Labute approximate surface area is 137 Å². The minimum absolute atomic E-state index is 0.0847. The lowest BCUT2D eigenvalue weighted by Gasteiger charge is -2.34. The second kappa shape index (κ2) is 6.19. The Morgan fingerprint density at radius 2 is 1.39 bits per heavy atom. The van der Waals surface area contributed by atoms with E-state index in [1.54, 1.807) is 0 Å². The second-order valence-electron chi connectivity index (χ2n) is 6.68. The van der Waals surface area contributed by atoms with Crippen LogP contribution in [0.5, 0.6) is 11.5 Å². The third-order valence-corrected chi connectivity index (χ3v) is 5.23. The summed E-state index contributed by atoms with van der Waals surface area (Å²) in [5.74, 6) is 2.47. The third kappa shape index (κ3) is 2.67. The summed E-state index contributed by atoms with van der Waals surface area (Å²) in [6, 6.07) is 16.4. The summed E-state index contributed by atoms with van der Waals surface area (Å²) in [6.45, 7) is 0. The van der Waals surface area contributed by atoms with Gasteiger partial charge in [0.05, 0.1) is 0 Å². The normalized spacial score (nSPS) is 21.6. The molecule has 2 heteroatoms. The molecule has 1 aliphatic carbocycles. The minimum Gasteiger partial charge on any atom is -0.457 e. The van der Waals surface area contributed by atoms with Gasteiger partial charge < -0.3 is 4.74 Å². The van der Waals surface area contributed by atoms with Crippen LogP contribution in [0.3, 0.4) is 0 Å². The highest BCUT2D eigenvalue weighted by Crippen LogP contribution is 2.49. The van der Waals surface area contributed by atoms with Gasteiger partial charge in [0.2, 0.25) is 0 Å². The average Bonchev–Trinajstić information content (AvgIpc) is 2.57. The Balaban J connectivity index is 1.81. The lowest BCUT2D eigenvalue weighted by Crippen LogP contribution is -2.26. The first-order chi connectivity index (χ1) is 11.3. The summed E-state index contributed by atoms with van der Waals surface area (Å²) >= 11 is 0. The molecule has 0 radical (unpaired) electrons. The van der Waals surface area contributed by atoms with Crippen molar-refractivity contribution in [2.75, 3.05) is 0 Å². The minimum atomic E-state index is 0.0847. The van der Waals surface area contributed by atoms with Gasteiger partial charge in [-0.15, -0.1) is 0 Å². The van der Waals surface area contributed by atoms with E-state index in [2.05, 4.69) is 24.3 Å². The molecule has 2 aliphatic rings. The number of carbonyl (C=O) groups is 1. The Hall–Kier alpha value is -2.09. The number of benzene rings is 2. The van der Waals surface area contributed by atoms with E-state index in [1.165, 1.54) is 24.0 Å². The van der Waals surface area contributed by atoms with E-state index in [0.717, 1.165) is 37.2 Å². The Morgan fingerprint density at radius 3 is 2.09 bits per heavy atom. The van der Waals surface area contributed by atoms with Crippen molar-refractivity contribution in [2.45, 2.75) is 44.4 Å². The largest absolute Gasteiger partial charge is 0.457 e.